The molecule has 5 heteroatoms. The van der Waals surface area contributed by atoms with E-state index in [1.54, 1.807) is 24.3 Å². The topological polar surface area (TPSA) is 44.5 Å². The number of halogens is 2. The highest BCUT2D eigenvalue weighted by atomic mass is 19.1. The Hall–Kier alpha value is -2.14. The fourth-order valence-corrected chi connectivity index (χ4v) is 1.59. The largest absolute Gasteiger partial charge is 0.497 e. The maximum atomic E-state index is 13.7. The highest BCUT2D eigenvalue weighted by molar-refractivity contribution is 5.38. The number of hydrogen-bond donors (Lipinski definition) is 1. The third kappa shape index (κ3) is 3.00. The predicted molar refractivity (Wildman–Crippen MR) is 67.3 cm³/mol. The molecule has 0 radical (unpaired) electrons. The van der Waals surface area contributed by atoms with Gasteiger partial charge in [0.25, 0.3) is 0 Å². The Kier molecular flexibility index (Phi) is 3.97. The molecule has 2 aromatic carbocycles. The number of rotatable bonds is 4. The number of nitrogens with two attached hydrogens (primary N) is 1. The molecule has 100 valence electrons. The van der Waals surface area contributed by atoms with Gasteiger partial charge in [-0.2, -0.15) is 0 Å². The molecule has 0 aliphatic rings. The van der Waals surface area contributed by atoms with Gasteiger partial charge in [0, 0.05) is 6.54 Å². The Morgan fingerprint density at radius 1 is 1.00 bits per heavy atom. The lowest BCUT2D eigenvalue weighted by Crippen LogP contribution is -2.00. The molecule has 0 atom stereocenters. The molecule has 0 spiro atoms. The predicted octanol–water partition coefficient (Wildman–Crippen LogP) is 3.22. The zero-order chi connectivity index (χ0) is 13.8. The van der Waals surface area contributed by atoms with E-state index >= 15 is 0 Å². The van der Waals surface area contributed by atoms with Crippen LogP contribution in [0.4, 0.5) is 8.78 Å². The van der Waals surface area contributed by atoms with E-state index in [4.69, 9.17) is 15.2 Å². The van der Waals surface area contributed by atoms with Gasteiger partial charge in [-0.3, -0.25) is 0 Å². The first-order valence-electron chi connectivity index (χ1n) is 5.64. The van der Waals surface area contributed by atoms with Crippen LogP contribution in [-0.2, 0) is 6.54 Å². The van der Waals surface area contributed by atoms with E-state index in [1.165, 1.54) is 7.11 Å². The number of ether oxygens (including phenoxy) is 2. The Bertz CT molecular complexity index is 547. The molecule has 0 fully saturated rings. The lowest BCUT2D eigenvalue weighted by Gasteiger charge is -2.09. The fraction of sp³-hybridized carbons (Fsp3) is 0.143. The first kappa shape index (κ1) is 13.3. The van der Waals surface area contributed by atoms with Crippen LogP contribution < -0.4 is 15.2 Å². The molecule has 2 N–H and O–H groups in total. The SMILES string of the molecule is COc1ccc(Oc2c(F)cc(CN)cc2F)cc1. The van der Waals surface area contributed by atoms with Gasteiger partial charge in [0.05, 0.1) is 7.11 Å². The van der Waals surface area contributed by atoms with Crippen molar-refractivity contribution in [2.45, 2.75) is 6.54 Å². The Morgan fingerprint density at radius 2 is 1.53 bits per heavy atom. The quantitative estimate of drug-likeness (QED) is 0.923. The van der Waals surface area contributed by atoms with E-state index < -0.39 is 17.4 Å². The minimum absolute atomic E-state index is 0.0661. The molecule has 0 aliphatic carbocycles. The average Bonchev–Trinajstić information content (AvgIpc) is 2.43. The van der Waals surface area contributed by atoms with Crippen LogP contribution >= 0.6 is 0 Å². The maximum Gasteiger partial charge on any atom is 0.198 e. The van der Waals surface area contributed by atoms with E-state index in [0.29, 0.717) is 17.1 Å². The van der Waals surface area contributed by atoms with E-state index in [2.05, 4.69) is 0 Å². The van der Waals surface area contributed by atoms with Crippen LogP contribution in [0.15, 0.2) is 36.4 Å². The van der Waals surface area contributed by atoms with Crippen molar-refractivity contribution in [1.82, 2.24) is 0 Å². The van der Waals surface area contributed by atoms with E-state index in [-0.39, 0.29) is 6.54 Å². The van der Waals surface area contributed by atoms with Gasteiger partial charge in [-0.1, -0.05) is 0 Å². The van der Waals surface area contributed by atoms with Crippen molar-refractivity contribution in [3.05, 3.63) is 53.6 Å². The molecular weight excluding hydrogens is 252 g/mol. The van der Waals surface area contributed by atoms with Gasteiger partial charge >= 0.3 is 0 Å². The first-order chi connectivity index (χ1) is 9.13. The summed E-state index contributed by atoms with van der Waals surface area (Å²) in [6, 6.07) is 8.71. The molecule has 0 unspecified atom stereocenters. The van der Waals surface area contributed by atoms with Crippen molar-refractivity contribution in [3.8, 4) is 17.2 Å². The smallest absolute Gasteiger partial charge is 0.198 e. The van der Waals surface area contributed by atoms with Crippen molar-refractivity contribution in [2.75, 3.05) is 7.11 Å². The second-order valence-electron chi connectivity index (χ2n) is 3.87. The highest BCUT2D eigenvalue weighted by Crippen LogP contribution is 2.29. The summed E-state index contributed by atoms with van der Waals surface area (Å²) in [4.78, 5) is 0. The molecule has 0 heterocycles. The maximum absolute atomic E-state index is 13.7. The summed E-state index contributed by atoms with van der Waals surface area (Å²) in [5, 5.41) is 0. The van der Waals surface area contributed by atoms with Gasteiger partial charge in [0.15, 0.2) is 17.4 Å². The standard InChI is InChI=1S/C14H13F2NO2/c1-18-10-2-4-11(5-3-10)19-14-12(15)6-9(8-17)7-13(14)16/h2-7H,8,17H2,1H3. The van der Waals surface area contributed by atoms with Crippen LogP contribution in [0.2, 0.25) is 0 Å². The molecule has 0 aliphatic heterocycles. The lowest BCUT2D eigenvalue weighted by molar-refractivity contribution is 0.400. The summed E-state index contributed by atoms with van der Waals surface area (Å²) in [7, 11) is 1.53. The summed E-state index contributed by atoms with van der Waals surface area (Å²) in [5.74, 6) is -1.05. The van der Waals surface area contributed by atoms with Crippen molar-refractivity contribution < 1.29 is 18.3 Å². The minimum atomic E-state index is -0.781. The summed E-state index contributed by atoms with van der Waals surface area (Å²) in [6.07, 6.45) is 0. The molecule has 0 aromatic heterocycles. The van der Waals surface area contributed by atoms with Crippen LogP contribution in [-0.4, -0.2) is 7.11 Å². The summed E-state index contributed by atoms with van der Waals surface area (Å²) >= 11 is 0. The average molecular weight is 265 g/mol. The van der Waals surface area contributed by atoms with Gasteiger partial charge in [-0.15, -0.1) is 0 Å². The first-order valence-corrected chi connectivity index (χ1v) is 5.64. The van der Waals surface area contributed by atoms with Gasteiger partial charge < -0.3 is 15.2 Å². The minimum Gasteiger partial charge on any atom is -0.497 e. The van der Waals surface area contributed by atoms with Gasteiger partial charge in [-0.05, 0) is 42.0 Å². The normalized spacial score (nSPS) is 10.3. The number of methoxy groups -OCH3 is 1. The number of benzene rings is 2. The Balaban J connectivity index is 2.27. The van der Waals surface area contributed by atoms with Crippen LogP contribution in [0.5, 0.6) is 17.2 Å². The molecule has 0 saturated heterocycles. The molecule has 2 aromatic rings. The zero-order valence-corrected chi connectivity index (χ0v) is 10.3. The second kappa shape index (κ2) is 5.67. The molecule has 0 bridgehead atoms. The van der Waals surface area contributed by atoms with Crippen LogP contribution in [0.25, 0.3) is 0 Å². The van der Waals surface area contributed by atoms with Crippen molar-refractivity contribution in [1.29, 1.82) is 0 Å². The second-order valence-corrected chi connectivity index (χ2v) is 3.87. The van der Waals surface area contributed by atoms with Gasteiger partial charge in [0.2, 0.25) is 0 Å². The van der Waals surface area contributed by atoms with E-state index in [9.17, 15) is 8.78 Å². The Labute approximate surface area is 109 Å². The zero-order valence-electron chi connectivity index (χ0n) is 10.3. The van der Waals surface area contributed by atoms with Crippen molar-refractivity contribution >= 4 is 0 Å². The van der Waals surface area contributed by atoms with Crippen molar-refractivity contribution in [2.24, 2.45) is 5.73 Å². The Morgan fingerprint density at radius 3 is 2.00 bits per heavy atom. The fourth-order valence-electron chi connectivity index (χ4n) is 1.59. The molecule has 19 heavy (non-hydrogen) atoms. The van der Waals surface area contributed by atoms with E-state index in [0.717, 1.165) is 12.1 Å². The summed E-state index contributed by atoms with van der Waals surface area (Å²) in [5.41, 5.74) is 5.71. The van der Waals surface area contributed by atoms with E-state index in [1.807, 2.05) is 0 Å². The van der Waals surface area contributed by atoms with Gasteiger partial charge in [-0.25, -0.2) is 8.78 Å². The summed E-state index contributed by atoms with van der Waals surface area (Å²) < 4.78 is 37.5. The third-order valence-electron chi connectivity index (χ3n) is 2.57. The molecule has 0 amide bonds. The molecule has 0 saturated carbocycles. The van der Waals surface area contributed by atoms with Crippen LogP contribution in [0.3, 0.4) is 0 Å². The van der Waals surface area contributed by atoms with Crippen LogP contribution in [0, 0.1) is 11.6 Å². The van der Waals surface area contributed by atoms with Gasteiger partial charge in [0.1, 0.15) is 11.5 Å². The monoisotopic (exact) mass is 265 g/mol. The highest BCUT2D eigenvalue weighted by Gasteiger charge is 2.13. The molecular formula is C14H13F2NO2. The third-order valence-corrected chi connectivity index (χ3v) is 2.57. The molecule has 3 nitrogen and oxygen atoms in total. The lowest BCUT2D eigenvalue weighted by atomic mass is 10.2. The van der Waals surface area contributed by atoms with Crippen molar-refractivity contribution in [3.63, 3.8) is 0 Å². The summed E-state index contributed by atoms with van der Waals surface area (Å²) in [6.45, 7) is 0.0661. The van der Waals surface area contributed by atoms with Crippen LogP contribution in [0.1, 0.15) is 5.56 Å². The number of hydrogen-bond acceptors (Lipinski definition) is 3. The molecule has 2 rings (SSSR count).